The van der Waals surface area contributed by atoms with Crippen LogP contribution in [0.25, 0.3) is 0 Å². The zero-order valence-corrected chi connectivity index (χ0v) is 14.6. The van der Waals surface area contributed by atoms with Crippen LogP contribution in [0.3, 0.4) is 0 Å². The molecule has 2 aromatic rings. The number of amides is 1. The average Bonchev–Trinajstić information content (AvgIpc) is 2.93. The Morgan fingerprint density at radius 3 is 2.56 bits per heavy atom. The van der Waals surface area contributed by atoms with Crippen LogP contribution in [-0.4, -0.2) is 40.5 Å². The van der Waals surface area contributed by atoms with Crippen molar-refractivity contribution >= 4 is 17.4 Å². The molecule has 25 heavy (non-hydrogen) atoms. The first-order valence-electron chi connectivity index (χ1n) is 8.88. The normalized spacial score (nSPS) is 14.7. The Morgan fingerprint density at radius 1 is 1.12 bits per heavy atom. The van der Waals surface area contributed by atoms with E-state index in [1.807, 2.05) is 36.1 Å². The number of ether oxygens (including phenoxy) is 1. The molecular formula is C19H24N4O2. The molecule has 1 aliphatic rings. The monoisotopic (exact) mass is 340 g/mol. The summed E-state index contributed by atoms with van der Waals surface area (Å²) in [6, 6.07) is 7.67. The third-order valence-corrected chi connectivity index (χ3v) is 4.21. The van der Waals surface area contributed by atoms with Gasteiger partial charge < -0.3 is 15.0 Å². The molecule has 0 bridgehead atoms. The van der Waals surface area contributed by atoms with Gasteiger partial charge in [0.05, 0.1) is 24.7 Å². The maximum absolute atomic E-state index is 12.5. The third-order valence-electron chi connectivity index (χ3n) is 4.21. The van der Waals surface area contributed by atoms with E-state index in [1.165, 1.54) is 12.8 Å². The van der Waals surface area contributed by atoms with Crippen LogP contribution in [-0.2, 0) is 0 Å². The van der Waals surface area contributed by atoms with E-state index < -0.39 is 0 Å². The molecule has 1 aromatic carbocycles. The number of carbonyl (C=O) groups excluding carboxylic acids is 1. The molecule has 0 spiro atoms. The summed E-state index contributed by atoms with van der Waals surface area (Å²) in [4.78, 5) is 23.1. The van der Waals surface area contributed by atoms with Gasteiger partial charge in [0.1, 0.15) is 17.3 Å². The summed E-state index contributed by atoms with van der Waals surface area (Å²) in [6.45, 7) is 4.15. The molecule has 6 nitrogen and oxygen atoms in total. The number of rotatable bonds is 5. The second-order valence-electron chi connectivity index (χ2n) is 6.05. The molecule has 0 unspecified atom stereocenters. The van der Waals surface area contributed by atoms with Crippen LogP contribution in [0, 0.1) is 0 Å². The molecule has 1 aromatic heterocycles. The van der Waals surface area contributed by atoms with E-state index in [0.717, 1.165) is 37.4 Å². The highest BCUT2D eigenvalue weighted by Gasteiger charge is 2.18. The maximum Gasteiger partial charge on any atom is 0.274 e. The number of hydrogen-bond donors (Lipinski definition) is 1. The highest BCUT2D eigenvalue weighted by atomic mass is 16.5. The highest BCUT2D eigenvalue weighted by molar-refractivity contribution is 5.92. The molecule has 0 saturated carbocycles. The molecule has 3 rings (SSSR count). The summed E-state index contributed by atoms with van der Waals surface area (Å²) in [7, 11) is 0. The molecule has 2 heterocycles. The summed E-state index contributed by atoms with van der Waals surface area (Å²) in [5.74, 6) is 1.31. The van der Waals surface area contributed by atoms with Crippen LogP contribution in [0.5, 0.6) is 5.75 Å². The van der Waals surface area contributed by atoms with E-state index in [2.05, 4.69) is 15.3 Å². The lowest BCUT2D eigenvalue weighted by Crippen LogP contribution is -2.32. The van der Waals surface area contributed by atoms with Crippen molar-refractivity contribution in [1.82, 2.24) is 14.9 Å². The van der Waals surface area contributed by atoms with Crippen LogP contribution >= 0.6 is 0 Å². The molecule has 1 N–H and O–H groups in total. The van der Waals surface area contributed by atoms with E-state index in [0.29, 0.717) is 18.1 Å². The molecule has 1 fully saturated rings. The van der Waals surface area contributed by atoms with Crippen molar-refractivity contribution < 1.29 is 9.53 Å². The van der Waals surface area contributed by atoms with E-state index in [1.54, 1.807) is 12.4 Å². The fourth-order valence-corrected chi connectivity index (χ4v) is 2.93. The van der Waals surface area contributed by atoms with Gasteiger partial charge in [0.15, 0.2) is 0 Å². The lowest BCUT2D eigenvalue weighted by Gasteiger charge is -2.19. The number of para-hydroxylation sites is 2. The van der Waals surface area contributed by atoms with Gasteiger partial charge in [-0.15, -0.1) is 0 Å². The Balaban J connectivity index is 1.69. The Bertz CT molecular complexity index is 695. The number of carbonyl (C=O) groups is 1. The van der Waals surface area contributed by atoms with Crippen molar-refractivity contribution in [1.29, 1.82) is 0 Å². The van der Waals surface area contributed by atoms with Gasteiger partial charge in [-0.2, -0.15) is 0 Å². The minimum absolute atomic E-state index is 0.0318. The maximum atomic E-state index is 12.5. The molecular weight excluding hydrogens is 316 g/mol. The number of anilines is 2. The molecule has 0 radical (unpaired) electrons. The fourth-order valence-electron chi connectivity index (χ4n) is 2.93. The van der Waals surface area contributed by atoms with Crippen molar-refractivity contribution in [3.8, 4) is 5.75 Å². The first-order chi connectivity index (χ1) is 12.3. The summed E-state index contributed by atoms with van der Waals surface area (Å²) in [6.07, 6.45) is 7.64. The zero-order chi connectivity index (χ0) is 17.5. The predicted octanol–water partition coefficient (Wildman–Crippen LogP) is 3.64. The summed E-state index contributed by atoms with van der Waals surface area (Å²) in [5.41, 5.74) is 1.22. The number of hydrogen-bond acceptors (Lipinski definition) is 5. The van der Waals surface area contributed by atoms with E-state index in [4.69, 9.17) is 4.74 Å². The first-order valence-corrected chi connectivity index (χ1v) is 8.88. The minimum atomic E-state index is -0.0318. The smallest absolute Gasteiger partial charge is 0.274 e. The van der Waals surface area contributed by atoms with Crippen molar-refractivity contribution in [2.75, 3.05) is 25.0 Å². The van der Waals surface area contributed by atoms with Crippen LogP contribution in [0.1, 0.15) is 43.1 Å². The van der Waals surface area contributed by atoms with Gasteiger partial charge in [-0.3, -0.25) is 4.79 Å². The molecule has 0 aliphatic carbocycles. The number of likely N-dealkylation sites (tertiary alicyclic amines) is 1. The van der Waals surface area contributed by atoms with Gasteiger partial charge in [-0.1, -0.05) is 25.0 Å². The third kappa shape index (κ3) is 4.47. The summed E-state index contributed by atoms with van der Waals surface area (Å²) in [5, 5.41) is 3.19. The predicted molar refractivity (Wildman–Crippen MR) is 97.3 cm³/mol. The fraction of sp³-hybridized carbons (Fsp3) is 0.421. The van der Waals surface area contributed by atoms with Crippen LogP contribution in [0.4, 0.5) is 11.5 Å². The lowest BCUT2D eigenvalue weighted by molar-refractivity contribution is 0.0755. The van der Waals surface area contributed by atoms with Gasteiger partial charge >= 0.3 is 0 Å². The molecule has 1 saturated heterocycles. The number of nitrogens with zero attached hydrogens (tertiary/aromatic N) is 3. The van der Waals surface area contributed by atoms with Crippen LogP contribution in [0.15, 0.2) is 36.7 Å². The van der Waals surface area contributed by atoms with Crippen LogP contribution in [0.2, 0.25) is 0 Å². The van der Waals surface area contributed by atoms with Crippen molar-refractivity contribution in [3.05, 3.63) is 42.4 Å². The number of nitrogens with one attached hydrogen (secondary N) is 1. The largest absolute Gasteiger partial charge is 0.492 e. The highest BCUT2D eigenvalue weighted by Crippen LogP contribution is 2.26. The lowest BCUT2D eigenvalue weighted by atomic mass is 10.2. The van der Waals surface area contributed by atoms with Gasteiger partial charge in [-0.25, -0.2) is 9.97 Å². The minimum Gasteiger partial charge on any atom is -0.492 e. The number of benzene rings is 1. The first kappa shape index (κ1) is 17.2. The second kappa shape index (κ2) is 8.46. The molecule has 0 atom stereocenters. The SMILES string of the molecule is CCOc1ccccc1Nc1cnc(C(=O)N2CCCCCC2)cn1. The summed E-state index contributed by atoms with van der Waals surface area (Å²) < 4.78 is 5.59. The van der Waals surface area contributed by atoms with Crippen LogP contribution < -0.4 is 10.1 Å². The quantitative estimate of drug-likeness (QED) is 0.900. The van der Waals surface area contributed by atoms with E-state index in [9.17, 15) is 4.79 Å². The zero-order valence-electron chi connectivity index (χ0n) is 14.6. The molecule has 132 valence electrons. The topological polar surface area (TPSA) is 67.3 Å². The van der Waals surface area contributed by atoms with Crippen molar-refractivity contribution in [3.63, 3.8) is 0 Å². The number of aromatic nitrogens is 2. The Morgan fingerprint density at radius 2 is 1.88 bits per heavy atom. The Labute approximate surface area is 148 Å². The van der Waals surface area contributed by atoms with E-state index in [-0.39, 0.29) is 5.91 Å². The molecule has 6 heteroatoms. The second-order valence-corrected chi connectivity index (χ2v) is 6.05. The standard InChI is InChI=1S/C19H24N4O2/c1-2-25-17-10-6-5-9-15(17)22-18-14-20-16(13-21-18)19(24)23-11-7-3-4-8-12-23/h5-6,9-10,13-14H,2-4,7-8,11-12H2,1H3,(H,21,22). The van der Waals surface area contributed by atoms with E-state index >= 15 is 0 Å². The van der Waals surface area contributed by atoms with Gasteiger partial charge in [0.2, 0.25) is 0 Å². The molecule has 1 aliphatic heterocycles. The molecule has 1 amide bonds. The Hall–Kier alpha value is -2.63. The Kier molecular flexibility index (Phi) is 5.82. The average molecular weight is 340 g/mol. The van der Waals surface area contributed by atoms with Gasteiger partial charge in [0.25, 0.3) is 5.91 Å². The van der Waals surface area contributed by atoms with Gasteiger partial charge in [0, 0.05) is 13.1 Å². The van der Waals surface area contributed by atoms with Crippen molar-refractivity contribution in [2.24, 2.45) is 0 Å². The van der Waals surface area contributed by atoms with Gasteiger partial charge in [-0.05, 0) is 31.9 Å². The summed E-state index contributed by atoms with van der Waals surface area (Å²) >= 11 is 0. The van der Waals surface area contributed by atoms with Crippen molar-refractivity contribution in [2.45, 2.75) is 32.6 Å².